The molecule has 0 aromatic carbocycles. The molecule has 4 aliphatic carbocycles. The molecule has 0 aromatic heterocycles. The predicted molar refractivity (Wildman–Crippen MR) is 131 cm³/mol. The normalized spacial score (nSPS) is 41.8. The fraction of sp³-hybridized carbons (Fsp3) is 0.929. The highest BCUT2D eigenvalue weighted by Gasteiger charge is 2.58. The monoisotopic (exact) mass is 436 g/mol. The van der Waals surface area contributed by atoms with Gasteiger partial charge in [-0.25, -0.2) is 0 Å². The molecule has 0 heterocycles. The Morgan fingerprint density at radius 2 is 1.74 bits per heavy atom. The van der Waals surface area contributed by atoms with Crippen molar-refractivity contribution < 1.29 is 14.6 Å². The van der Waals surface area contributed by atoms with Crippen molar-refractivity contribution in [3.05, 3.63) is 11.6 Å². The van der Waals surface area contributed by atoms with Gasteiger partial charge in [-0.15, -0.1) is 0 Å². The lowest BCUT2D eigenvalue weighted by molar-refractivity contribution is -0.167. The predicted octanol–water partition coefficient (Wildman–Crippen LogP) is 7.38. The van der Waals surface area contributed by atoms with Crippen molar-refractivity contribution in [2.45, 2.75) is 119 Å². The highest BCUT2D eigenvalue weighted by molar-refractivity contribution is 5.25. The molecular formula is C28H52O3. The molecular weight excluding hydrogens is 384 g/mol. The van der Waals surface area contributed by atoms with Crippen LogP contribution in [0.25, 0.3) is 0 Å². The van der Waals surface area contributed by atoms with Crippen molar-refractivity contribution in [2.24, 2.45) is 34.5 Å². The lowest BCUT2D eigenvalue weighted by atomic mass is 9.47. The number of hydrogen-bond donors (Lipinski definition) is 1. The van der Waals surface area contributed by atoms with Crippen LogP contribution in [0, 0.1) is 34.5 Å². The molecule has 0 radical (unpaired) electrons. The molecule has 182 valence electrons. The van der Waals surface area contributed by atoms with Crippen LogP contribution in [0.5, 0.6) is 0 Å². The zero-order chi connectivity index (χ0) is 23.2. The van der Waals surface area contributed by atoms with E-state index in [1.165, 1.54) is 38.5 Å². The molecule has 3 fully saturated rings. The smallest absolute Gasteiger partial charge is 0.155 e. The van der Waals surface area contributed by atoms with Gasteiger partial charge in [-0.3, -0.25) is 0 Å². The van der Waals surface area contributed by atoms with E-state index in [2.05, 4.69) is 19.9 Å². The van der Waals surface area contributed by atoms with Crippen LogP contribution in [0.4, 0.5) is 0 Å². The Bertz CT molecular complexity index is 573. The average Bonchev–Trinajstić information content (AvgIpc) is 3.13. The topological polar surface area (TPSA) is 38.7 Å². The number of aliphatic hydroxyl groups is 1. The molecule has 8 atom stereocenters. The van der Waals surface area contributed by atoms with Gasteiger partial charge in [-0.2, -0.15) is 0 Å². The van der Waals surface area contributed by atoms with E-state index < -0.39 is 0 Å². The Balaban J connectivity index is 0.000000807. The maximum atomic E-state index is 9.91. The van der Waals surface area contributed by atoms with E-state index in [1.807, 2.05) is 41.5 Å². The van der Waals surface area contributed by atoms with Gasteiger partial charge in [0.15, 0.2) is 6.29 Å². The Morgan fingerprint density at radius 1 is 1.03 bits per heavy atom. The first kappa shape index (κ1) is 26.9. The van der Waals surface area contributed by atoms with Gasteiger partial charge >= 0.3 is 0 Å². The molecule has 0 amide bonds. The average molecular weight is 437 g/mol. The van der Waals surface area contributed by atoms with Crippen molar-refractivity contribution in [1.82, 2.24) is 0 Å². The molecule has 0 saturated heterocycles. The minimum absolute atomic E-state index is 0.0920. The number of rotatable bonds is 5. The maximum Gasteiger partial charge on any atom is 0.155 e. The zero-order valence-electron chi connectivity index (χ0n) is 21.9. The van der Waals surface area contributed by atoms with E-state index in [9.17, 15) is 5.11 Å². The number of allylic oxidation sites excluding steroid dienone is 1. The molecule has 0 aromatic rings. The number of ether oxygens (including phenoxy) is 2. The van der Waals surface area contributed by atoms with Crippen LogP contribution in [0.1, 0.15) is 107 Å². The molecule has 1 N–H and O–H groups in total. The molecule has 3 saturated carbocycles. The van der Waals surface area contributed by atoms with Crippen LogP contribution in [-0.4, -0.2) is 30.7 Å². The molecule has 31 heavy (non-hydrogen) atoms. The Hall–Kier alpha value is -0.380. The molecule has 4 rings (SSSR count). The molecule has 0 aliphatic heterocycles. The second-order valence-electron chi connectivity index (χ2n) is 10.3. The van der Waals surface area contributed by atoms with E-state index in [-0.39, 0.29) is 6.29 Å². The highest BCUT2D eigenvalue weighted by atomic mass is 16.7. The summed E-state index contributed by atoms with van der Waals surface area (Å²) in [6.07, 6.45) is 12.8. The van der Waals surface area contributed by atoms with Crippen LogP contribution >= 0.6 is 0 Å². The first-order valence-electron chi connectivity index (χ1n) is 13.5. The van der Waals surface area contributed by atoms with Crippen molar-refractivity contribution in [3.8, 4) is 0 Å². The third-order valence-electron chi connectivity index (χ3n) is 9.26. The van der Waals surface area contributed by atoms with Gasteiger partial charge < -0.3 is 14.6 Å². The summed E-state index contributed by atoms with van der Waals surface area (Å²) in [5.74, 6) is 3.01. The van der Waals surface area contributed by atoms with Gasteiger partial charge in [-0.05, 0) is 99.7 Å². The second kappa shape index (κ2) is 11.7. The first-order valence-corrected chi connectivity index (χ1v) is 13.5. The zero-order valence-corrected chi connectivity index (χ0v) is 21.9. The molecule has 0 spiro atoms. The van der Waals surface area contributed by atoms with Gasteiger partial charge in [-0.1, -0.05) is 53.2 Å². The molecule has 3 heteroatoms. The summed E-state index contributed by atoms with van der Waals surface area (Å²) in [6.45, 7) is 18.2. The van der Waals surface area contributed by atoms with Gasteiger partial charge in [0, 0.05) is 13.2 Å². The highest BCUT2D eigenvalue weighted by Crippen LogP contribution is 2.66. The Kier molecular flexibility index (Phi) is 10.1. The van der Waals surface area contributed by atoms with Gasteiger partial charge in [0.05, 0.1) is 6.10 Å². The lowest BCUT2D eigenvalue weighted by Crippen LogP contribution is -2.50. The van der Waals surface area contributed by atoms with Crippen LogP contribution in [-0.2, 0) is 9.47 Å². The van der Waals surface area contributed by atoms with Crippen LogP contribution < -0.4 is 0 Å². The third-order valence-corrected chi connectivity index (χ3v) is 9.26. The van der Waals surface area contributed by atoms with Crippen molar-refractivity contribution in [3.63, 3.8) is 0 Å². The Labute approximate surface area is 193 Å². The summed E-state index contributed by atoms with van der Waals surface area (Å²) < 4.78 is 11.8. The minimum Gasteiger partial charge on any atom is -0.396 e. The summed E-state index contributed by atoms with van der Waals surface area (Å²) in [4.78, 5) is 0. The fourth-order valence-electron chi connectivity index (χ4n) is 7.70. The van der Waals surface area contributed by atoms with Crippen molar-refractivity contribution in [2.75, 3.05) is 13.2 Å². The van der Waals surface area contributed by atoms with E-state index in [0.717, 1.165) is 30.6 Å². The van der Waals surface area contributed by atoms with Crippen molar-refractivity contribution in [1.29, 1.82) is 0 Å². The first-order chi connectivity index (χ1) is 14.9. The summed E-state index contributed by atoms with van der Waals surface area (Å²) in [5, 5.41) is 9.91. The second-order valence-corrected chi connectivity index (χ2v) is 10.3. The standard InChI is InChI=1S/C24H40O3.2C2H6/c1-5-26-16(2)27-19-10-12-23(3)17(14-19)6-8-20-21-9-7-18(15-25)24(21,4)13-11-22(20)23;2*1-2/h6,16,18-22,25H,5,7-15H2,1-4H3;2*1-2H3. The number of hydrogen-bond acceptors (Lipinski definition) is 3. The van der Waals surface area contributed by atoms with Crippen LogP contribution in [0.15, 0.2) is 11.6 Å². The van der Waals surface area contributed by atoms with E-state index >= 15 is 0 Å². The quantitative estimate of drug-likeness (QED) is 0.361. The molecule has 8 unspecified atom stereocenters. The lowest BCUT2D eigenvalue weighted by Gasteiger charge is -2.58. The van der Waals surface area contributed by atoms with Crippen LogP contribution in [0.3, 0.4) is 0 Å². The third kappa shape index (κ3) is 5.09. The van der Waals surface area contributed by atoms with Gasteiger partial charge in [0.25, 0.3) is 0 Å². The SMILES string of the molecule is CC.CC.CCOC(C)OC1CCC2(C)C(=CCC3C2CCC2(C)C(CO)CCC32)C1. The van der Waals surface area contributed by atoms with E-state index in [1.54, 1.807) is 5.57 Å². The summed E-state index contributed by atoms with van der Waals surface area (Å²) in [7, 11) is 0. The minimum atomic E-state index is -0.0920. The summed E-state index contributed by atoms with van der Waals surface area (Å²) >= 11 is 0. The largest absolute Gasteiger partial charge is 0.396 e. The van der Waals surface area contributed by atoms with Crippen LogP contribution in [0.2, 0.25) is 0 Å². The number of aliphatic hydroxyl groups excluding tert-OH is 1. The number of fused-ring (bicyclic) bond motifs is 5. The summed E-state index contributed by atoms with van der Waals surface area (Å²) in [6, 6.07) is 0. The maximum absolute atomic E-state index is 9.91. The van der Waals surface area contributed by atoms with E-state index in [0.29, 0.717) is 36.1 Å². The molecule has 0 bridgehead atoms. The summed E-state index contributed by atoms with van der Waals surface area (Å²) in [5.41, 5.74) is 2.42. The van der Waals surface area contributed by atoms with Crippen molar-refractivity contribution >= 4 is 0 Å². The molecule has 3 nitrogen and oxygen atoms in total. The van der Waals surface area contributed by atoms with Gasteiger partial charge in [0.2, 0.25) is 0 Å². The van der Waals surface area contributed by atoms with E-state index in [4.69, 9.17) is 9.47 Å². The van der Waals surface area contributed by atoms with Gasteiger partial charge in [0.1, 0.15) is 0 Å². The molecule has 4 aliphatic rings. The fourth-order valence-corrected chi connectivity index (χ4v) is 7.70. The Morgan fingerprint density at radius 3 is 2.39 bits per heavy atom.